The Morgan fingerprint density at radius 1 is 0.941 bits per heavy atom. The number of esters is 2. The third-order valence-corrected chi connectivity index (χ3v) is 6.52. The molecule has 0 radical (unpaired) electrons. The normalized spacial score (nSPS) is 12.6. The number of ether oxygens (including phenoxy) is 3. The van der Waals surface area contributed by atoms with Crippen LogP contribution in [0.1, 0.15) is 53.4 Å². The van der Waals surface area contributed by atoms with Gasteiger partial charge in [-0.2, -0.15) is 0 Å². The Labute approximate surface area is 208 Å². The maximum Gasteiger partial charge on any atom is 0.408 e. The number of carbonyl (C=O) groups excluding carboxylic acids is 5. The van der Waals surface area contributed by atoms with Crippen molar-refractivity contribution in [3.8, 4) is 0 Å². The molecule has 34 heavy (non-hydrogen) atoms. The van der Waals surface area contributed by atoms with E-state index >= 15 is 0 Å². The van der Waals surface area contributed by atoms with Gasteiger partial charge in [-0.3, -0.25) is 14.4 Å². The van der Waals surface area contributed by atoms with Crippen LogP contribution >= 0.6 is 21.6 Å². The Kier molecular flexibility index (Phi) is 16.2. The summed E-state index contributed by atoms with van der Waals surface area (Å²) >= 11 is 0. The molecule has 0 aromatic carbocycles. The van der Waals surface area contributed by atoms with Crippen LogP contribution in [0.2, 0.25) is 0 Å². The maximum atomic E-state index is 12.5. The molecular formula is C21H37N3O8S2. The van der Waals surface area contributed by atoms with Crippen molar-refractivity contribution in [3.05, 3.63) is 0 Å². The molecule has 3 amide bonds. The molecular weight excluding hydrogens is 486 g/mol. The Hall–Kier alpha value is -2.15. The summed E-state index contributed by atoms with van der Waals surface area (Å²) < 4.78 is 14.3. The van der Waals surface area contributed by atoms with E-state index in [1.165, 1.54) is 25.0 Å². The van der Waals surface area contributed by atoms with Gasteiger partial charge in [-0.05, 0) is 33.6 Å². The van der Waals surface area contributed by atoms with Crippen molar-refractivity contribution in [3.63, 3.8) is 0 Å². The monoisotopic (exact) mass is 523 g/mol. The van der Waals surface area contributed by atoms with Gasteiger partial charge in [-0.1, -0.05) is 34.9 Å². The summed E-state index contributed by atoms with van der Waals surface area (Å²) in [5.41, 5.74) is -0.764. The van der Waals surface area contributed by atoms with Crippen LogP contribution in [0.4, 0.5) is 4.79 Å². The first-order chi connectivity index (χ1) is 15.9. The van der Waals surface area contributed by atoms with Crippen LogP contribution in [0.3, 0.4) is 0 Å². The maximum absolute atomic E-state index is 12.5. The predicted octanol–water partition coefficient (Wildman–Crippen LogP) is 1.79. The molecule has 0 aliphatic rings. The van der Waals surface area contributed by atoms with E-state index in [0.29, 0.717) is 0 Å². The van der Waals surface area contributed by atoms with E-state index in [0.717, 1.165) is 18.6 Å². The second-order valence-electron chi connectivity index (χ2n) is 8.13. The zero-order chi connectivity index (χ0) is 26.1. The number of methoxy groups -OCH3 is 2. The summed E-state index contributed by atoms with van der Waals surface area (Å²) in [6.07, 6.45) is 1.04. The van der Waals surface area contributed by atoms with E-state index in [2.05, 4.69) is 27.6 Å². The molecule has 2 atom stereocenters. The second kappa shape index (κ2) is 17.3. The first-order valence-electron chi connectivity index (χ1n) is 10.9. The molecule has 0 aliphatic carbocycles. The van der Waals surface area contributed by atoms with E-state index < -0.39 is 47.5 Å². The Balaban J connectivity index is 4.97. The zero-order valence-corrected chi connectivity index (χ0v) is 22.3. The van der Waals surface area contributed by atoms with Gasteiger partial charge in [0.1, 0.15) is 24.2 Å². The number of hydrogen-bond donors (Lipinski definition) is 3. The Morgan fingerprint density at radius 3 is 2.18 bits per heavy atom. The van der Waals surface area contributed by atoms with Crippen molar-refractivity contribution in [1.29, 1.82) is 0 Å². The molecule has 13 heteroatoms. The van der Waals surface area contributed by atoms with Gasteiger partial charge in [0.2, 0.25) is 11.8 Å². The van der Waals surface area contributed by atoms with Gasteiger partial charge in [0, 0.05) is 17.9 Å². The molecule has 0 spiro atoms. The highest BCUT2D eigenvalue weighted by Crippen LogP contribution is 2.23. The predicted molar refractivity (Wildman–Crippen MR) is 131 cm³/mol. The highest BCUT2D eigenvalue weighted by Gasteiger charge is 2.27. The van der Waals surface area contributed by atoms with Crippen molar-refractivity contribution >= 4 is 51.4 Å². The molecule has 3 N–H and O–H groups in total. The fraction of sp³-hybridized carbons (Fsp3) is 0.762. The number of unbranched alkanes of at least 4 members (excludes halogenated alkanes) is 1. The molecule has 0 heterocycles. The van der Waals surface area contributed by atoms with Crippen molar-refractivity contribution in [2.75, 3.05) is 32.3 Å². The van der Waals surface area contributed by atoms with Crippen LogP contribution in [0, 0.1) is 0 Å². The lowest BCUT2D eigenvalue weighted by molar-refractivity contribution is -0.143. The molecule has 0 bridgehead atoms. The van der Waals surface area contributed by atoms with Crippen LogP contribution in [0.15, 0.2) is 0 Å². The number of hydrogen-bond acceptors (Lipinski definition) is 10. The minimum absolute atomic E-state index is 0.0629. The van der Waals surface area contributed by atoms with E-state index in [1.54, 1.807) is 31.6 Å². The molecule has 196 valence electrons. The summed E-state index contributed by atoms with van der Waals surface area (Å²) in [6.45, 7) is 6.79. The topological polar surface area (TPSA) is 149 Å². The largest absolute Gasteiger partial charge is 0.468 e. The average Bonchev–Trinajstić information content (AvgIpc) is 2.77. The zero-order valence-electron chi connectivity index (χ0n) is 20.7. The quantitative estimate of drug-likeness (QED) is 0.125. The number of alkyl carbamates (subject to hydrolysis) is 1. The minimum Gasteiger partial charge on any atom is -0.468 e. The summed E-state index contributed by atoms with van der Waals surface area (Å²) in [4.78, 5) is 60.4. The standard InChI is InChI=1S/C21H37N3O8S2/c1-7-8-11-33-34-13-15(18(27)22-12-17(26)30-5)23-16(25)10-9-14(19(28)31-6)24-20(29)32-21(2,3)4/h14-15H,7-13H2,1-6H3,(H,22,27)(H,23,25)(H,24,29)/t14-,15-/m0/s1. The molecule has 0 aliphatic heterocycles. The molecule has 0 saturated carbocycles. The Morgan fingerprint density at radius 2 is 1.62 bits per heavy atom. The van der Waals surface area contributed by atoms with Crippen molar-refractivity contribution in [2.45, 2.75) is 71.1 Å². The molecule has 0 aromatic heterocycles. The second-order valence-corrected chi connectivity index (χ2v) is 10.8. The van der Waals surface area contributed by atoms with E-state index in [-0.39, 0.29) is 25.1 Å². The average molecular weight is 524 g/mol. The fourth-order valence-corrected chi connectivity index (χ4v) is 4.69. The first kappa shape index (κ1) is 31.9. The van der Waals surface area contributed by atoms with E-state index in [4.69, 9.17) is 9.47 Å². The molecule has 0 saturated heterocycles. The van der Waals surface area contributed by atoms with Crippen molar-refractivity contribution in [2.24, 2.45) is 0 Å². The molecule has 0 fully saturated rings. The number of carbonyl (C=O) groups is 5. The number of nitrogens with one attached hydrogen (secondary N) is 3. The summed E-state index contributed by atoms with van der Waals surface area (Å²) in [7, 11) is 5.40. The lowest BCUT2D eigenvalue weighted by Crippen LogP contribution is -2.50. The highest BCUT2D eigenvalue weighted by atomic mass is 33.1. The van der Waals surface area contributed by atoms with Crippen molar-refractivity contribution in [1.82, 2.24) is 16.0 Å². The molecule has 0 aromatic rings. The van der Waals surface area contributed by atoms with Gasteiger partial charge in [0.25, 0.3) is 0 Å². The van der Waals surface area contributed by atoms with Crippen LogP contribution in [0.25, 0.3) is 0 Å². The third kappa shape index (κ3) is 15.6. The summed E-state index contributed by atoms with van der Waals surface area (Å²) in [5, 5.41) is 7.45. The van der Waals surface area contributed by atoms with Gasteiger partial charge >= 0.3 is 18.0 Å². The van der Waals surface area contributed by atoms with Gasteiger partial charge in [-0.25, -0.2) is 9.59 Å². The lowest BCUT2D eigenvalue weighted by atomic mass is 10.1. The molecule has 11 nitrogen and oxygen atoms in total. The minimum atomic E-state index is -1.10. The smallest absolute Gasteiger partial charge is 0.408 e. The number of amides is 3. The van der Waals surface area contributed by atoms with E-state index in [9.17, 15) is 24.0 Å². The summed E-state index contributed by atoms with van der Waals surface area (Å²) in [5.74, 6) is -1.19. The number of rotatable bonds is 15. The molecule has 0 rings (SSSR count). The fourth-order valence-electron chi connectivity index (χ4n) is 2.30. The van der Waals surface area contributed by atoms with Gasteiger partial charge < -0.3 is 30.2 Å². The van der Waals surface area contributed by atoms with E-state index in [1.807, 2.05) is 0 Å². The Bertz CT molecular complexity index is 685. The highest BCUT2D eigenvalue weighted by molar-refractivity contribution is 8.76. The molecule has 0 unspecified atom stereocenters. The van der Waals surface area contributed by atoms with Crippen LogP contribution < -0.4 is 16.0 Å². The lowest BCUT2D eigenvalue weighted by Gasteiger charge is -2.23. The van der Waals surface area contributed by atoms with Crippen LogP contribution in [0.5, 0.6) is 0 Å². The van der Waals surface area contributed by atoms with Gasteiger partial charge in [0.15, 0.2) is 0 Å². The SMILES string of the molecule is CCCCSSC[C@H](NC(=O)CC[C@H](NC(=O)OC(C)(C)C)C(=O)OC)C(=O)NCC(=O)OC. The summed E-state index contributed by atoms with van der Waals surface area (Å²) in [6, 6.07) is -2.00. The van der Waals surface area contributed by atoms with Crippen molar-refractivity contribution < 1.29 is 38.2 Å². The van der Waals surface area contributed by atoms with Crippen LogP contribution in [-0.4, -0.2) is 79.8 Å². The van der Waals surface area contributed by atoms with Crippen LogP contribution in [-0.2, 0) is 33.4 Å². The van der Waals surface area contributed by atoms with Gasteiger partial charge in [0.05, 0.1) is 14.2 Å². The third-order valence-electron chi connectivity index (χ3n) is 4.02. The van der Waals surface area contributed by atoms with Gasteiger partial charge in [-0.15, -0.1) is 0 Å². The first-order valence-corrected chi connectivity index (χ1v) is 13.4.